The van der Waals surface area contributed by atoms with Crippen molar-refractivity contribution < 1.29 is 0 Å². The second kappa shape index (κ2) is 4.15. The Hall–Kier alpha value is -1.92. The van der Waals surface area contributed by atoms with Gasteiger partial charge in [-0.2, -0.15) is 4.98 Å². The number of nitrogens with zero attached hydrogens (tertiary/aromatic N) is 5. The summed E-state index contributed by atoms with van der Waals surface area (Å²) < 4.78 is 2.08. The second-order valence-corrected chi connectivity index (χ2v) is 4.40. The van der Waals surface area contributed by atoms with Gasteiger partial charge >= 0.3 is 0 Å². The van der Waals surface area contributed by atoms with Gasteiger partial charge in [0.1, 0.15) is 6.33 Å². The van der Waals surface area contributed by atoms with Gasteiger partial charge in [-0.15, -0.1) is 15.3 Å². The fourth-order valence-corrected chi connectivity index (χ4v) is 2.41. The molecule has 90 valence electrons. The molecule has 3 N–H and O–H groups in total. The number of nitrogens with two attached hydrogens (primary N) is 1. The summed E-state index contributed by atoms with van der Waals surface area (Å²) >= 11 is 0. The molecule has 1 aliphatic carbocycles. The van der Waals surface area contributed by atoms with Crippen molar-refractivity contribution in [2.45, 2.75) is 38.1 Å². The topological polar surface area (TPSA) is 98.3 Å². The van der Waals surface area contributed by atoms with Crippen molar-refractivity contribution in [1.29, 1.82) is 0 Å². The van der Waals surface area contributed by atoms with Crippen molar-refractivity contribution in [3.05, 3.63) is 6.33 Å². The monoisotopic (exact) mass is 233 g/mol. The van der Waals surface area contributed by atoms with Crippen molar-refractivity contribution in [3.8, 4) is 11.6 Å². The Kier molecular flexibility index (Phi) is 2.50. The molecule has 1 saturated carbocycles. The fraction of sp³-hybridized carbons (Fsp3) is 0.600. The van der Waals surface area contributed by atoms with E-state index in [2.05, 4.69) is 29.9 Å². The molecule has 0 unspecified atom stereocenters. The van der Waals surface area contributed by atoms with Crippen molar-refractivity contribution in [1.82, 2.24) is 29.9 Å². The molecule has 2 heterocycles. The van der Waals surface area contributed by atoms with E-state index >= 15 is 0 Å². The molecular weight excluding hydrogens is 218 g/mol. The second-order valence-electron chi connectivity index (χ2n) is 4.40. The van der Waals surface area contributed by atoms with Crippen LogP contribution in [0.25, 0.3) is 11.6 Å². The largest absolute Gasteiger partial charge is 0.366 e. The van der Waals surface area contributed by atoms with Gasteiger partial charge in [-0.3, -0.25) is 5.10 Å². The van der Waals surface area contributed by atoms with E-state index in [1.807, 2.05) is 0 Å². The molecule has 1 aliphatic rings. The van der Waals surface area contributed by atoms with Crippen molar-refractivity contribution in [2.24, 2.45) is 0 Å². The van der Waals surface area contributed by atoms with Gasteiger partial charge < -0.3 is 10.3 Å². The minimum absolute atomic E-state index is 0.234. The summed E-state index contributed by atoms with van der Waals surface area (Å²) in [7, 11) is 0. The molecule has 0 atom stereocenters. The van der Waals surface area contributed by atoms with E-state index in [1.165, 1.54) is 32.1 Å². The van der Waals surface area contributed by atoms with E-state index in [4.69, 9.17) is 5.73 Å². The number of H-pyrrole nitrogens is 1. The molecule has 1 fully saturated rings. The molecule has 0 aliphatic heterocycles. The van der Waals surface area contributed by atoms with Crippen LogP contribution in [0, 0.1) is 0 Å². The lowest BCUT2D eigenvalue weighted by molar-refractivity contribution is 0.354. The van der Waals surface area contributed by atoms with Crippen molar-refractivity contribution >= 4 is 5.95 Å². The average molecular weight is 233 g/mol. The molecule has 0 amide bonds. The Labute approximate surface area is 98.5 Å². The molecule has 0 spiro atoms. The fourth-order valence-electron chi connectivity index (χ4n) is 2.41. The Balaban J connectivity index is 1.93. The van der Waals surface area contributed by atoms with E-state index in [-0.39, 0.29) is 5.95 Å². The van der Waals surface area contributed by atoms with Crippen LogP contribution in [-0.4, -0.2) is 29.9 Å². The first-order valence-electron chi connectivity index (χ1n) is 5.92. The van der Waals surface area contributed by atoms with E-state index in [1.54, 1.807) is 6.33 Å². The van der Waals surface area contributed by atoms with Gasteiger partial charge in [0.15, 0.2) is 5.82 Å². The third kappa shape index (κ3) is 1.88. The highest BCUT2D eigenvalue weighted by molar-refractivity contribution is 5.44. The van der Waals surface area contributed by atoms with Gasteiger partial charge in [0.2, 0.25) is 11.8 Å². The molecule has 7 nitrogen and oxygen atoms in total. The maximum atomic E-state index is 5.50. The number of hydrogen-bond donors (Lipinski definition) is 2. The summed E-state index contributed by atoms with van der Waals surface area (Å²) in [5, 5.41) is 14.7. The Morgan fingerprint density at radius 3 is 2.82 bits per heavy atom. The summed E-state index contributed by atoms with van der Waals surface area (Å²) in [6, 6.07) is 0.472. The van der Waals surface area contributed by atoms with E-state index in [0.29, 0.717) is 11.9 Å². The molecule has 0 radical (unpaired) electrons. The summed E-state index contributed by atoms with van der Waals surface area (Å²) in [5.74, 6) is 1.55. The van der Waals surface area contributed by atoms with Crippen LogP contribution in [0.4, 0.5) is 5.95 Å². The minimum Gasteiger partial charge on any atom is -0.366 e. The Bertz CT molecular complexity index is 494. The maximum Gasteiger partial charge on any atom is 0.239 e. The Morgan fingerprint density at radius 2 is 2.12 bits per heavy atom. The highest BCUT2D eigenvalue weighted by Gasteiger charge is 2.20. The highest BCUT2D eigenvalue weighted by atomic mass is 15.3. The first-order valence-corrected chi connectivity index (χ1v) is 5.92. The number of aromatic nitrogens is 6. The number of nitrogens with one attached hydrogen (secondary N) is 1. The molecular formula is C10H15N7. The van der Waals surface area contributed by atoms with E-state index in [9.17, 15) is 0 Å². The quantitative estimate of drug-likeness (QED) is 0.810. The first-order chi connectivity index (χ1) is 8.34. The number of aromatic amines is 1. The van der Waals surface area contributed by atoms with Crippen LogP contribution in [0.2, 0.25) is 0 Å². The zero-order valence-corrected chi connectivity index (χ0v) is 9.50. The number of nitrogen functional groups attached to an aromatic ring is 1. The van der Waals surface area contributed by atoms with Crippen LogP contribution in [0.15, 0.2) is 6.33 Å². The molecule has 7 heteroatoms. The van der Waals surface area contributed by atoms with Gasteiger partial charge in [0.05, 0.1) is 0 Å². The predicted octanol–water partition coefficient (Wildman–Crippen LogP) is 1.15. The normalized spacial score (nSPS) is 17.4. The van der Waals surface area contributed by atoms with E-state index in [0.717, 1.165) is 5.82 Å². The summed E-state index contributed by atoms with van der Waals surface area (Å²) in [5.41, 5.74) is 5.50. The number of anilines is 1. The highest BCUT2D eigenvalue weighted by Crippen LogP contribution is 2.30. The van der Waals surface area contributed by atoms with Gasteiger partial charge in [-0.05, 0) is 12.8 Å². The first kappa shape index (κ1) is 10.2. The zero-order chi connectivity index (χ0) is 11.7. The Morgan fingerprint density at radius 1 is 1.29 bits per heavy atom. The summed E-state index contributed by atoms with van der Waals surface area (Å²) in [6.07, 6.45) is 7.97. The SMILES string of the molecule is Nc1n[nH]c(-c2nncn2C2CCCCC2)n1. The van der Waals surface area contributed by atoms with Gasteiger partial charge in [0, 0.05) is 6.04 Å². The maximum absolute atomic E-state index is 5.50. The molecule has 0 saturated heterocycles. The third-order valence-electron chi connectivity index (χ3n) is 3.26. The lowest BCUT2D eigenvalue weighted by Gasteiger charge is -2.23. The van der Waals surface area contributed by atoms with Crippen molar-refractivity contribution in [2.75, 3.05) is 5.73 Å². The summed E-state index contributed by atoms with van der Waals surface area (Å²) in [4.78, 5) is 4.10. The van der Waals surface area contributed by atoms with Crippen LogP contribution in [0.3, 0.4) is 0 Å². The minimum atomic E-state index is 0.234. The molecule has 2 aromatic rings. The van der Waals surface area contributed by atoms with Crippen LogP contribution >= 0.6 is 0 Å². The molecule has 0 aromatic carbocycles. The summed E-state index contributed by atoms with van der Waals surface area (Å²) in [6.45, 7) is 0. The van der Waals surface area contributed by atoms with Gasteiger partial charge in [-0.25, -0.2) is 0 Å². The number of rotatable bonds is 2. The van der Waals surface area contributed by atoms with Crippen LogP contribution < -0.4 is 5.73 Å². The molecule has 2 aromatic heterocycles. The van der Waals surface area contributed by atoms with E-state index < -0.39 is 0 Å². The van der Waals surface area contributed by atoms with Crippen molar-refractivity contribution in [3.63, 3.8) is 0 Å². The van der Waals surface area contributed by atoms with Crippen LogP contribution in [0.1, 0.15) is 38.1 Å². The molecule has 3 rings (SSSR count). The smallest absolute Gasteiger partial charge is 0.239 e. The van der Waals surface area contributed by atoms with Gasteiger partial charge in [0.25, 0.3) is 0 Å². The van der Waals surface area contributed by atoms with Gasteiger partial charge in [-0.1, -0.05) is 19.3 Å². The number of hydrogen-bond acceptors (Lipinski definition) is 5. The molecule has 17 heavy (non-hydrogen) atoms. The predicted molar refractivity (Wildman–Crippen MR) is 61.9 cm³/mol. The molecule has 0 bridgehead atoms. The zero-order valence-electron chi connectivity index (χ0n) is 9.50. The lowest BCUT2D eigenvalue weighted by Crippen LogP contribution is -2.13. The standard InChI is InChI=1S/C10H15N7/c11-10-13-8(14-16-10)9-15-12-6-17(9)7-4-2-1-3-5-7/h6-7H,1-5H2,(H3,11,13,14,16). The van der Waals surface area contributed by atoms with Crippen LogP contribution in [0.5, 0.6) is 0 Å². The third-order valence-corrected chi connectivity index (χ3v) is 3.26. The van der Waals surface area contributed by atoms with Crippen LogP contribution in [-0.2, 0) is 0 Å². The average Bonchev–Trinajstić information content (AvgIpc) is 2.98. The lowest BCUT2D eigenvalue weighted by atomic mass is 9.95.